The van der Waals surface area contributed by atoms with Gasteiger partial charge in [-0.3, -0.25) is 4.79 Å². The second-order valence-electron chi connectivity index (χ2n) is 6.88. The van der Waals surface area contributed by atoms with Crippen molar-refractivity contribution in [1.82, 2.24) is 10.2 Å². The lowest BCUT2D eigenvalue weighted by Gasteiger charge is -2.41. The highest BCUT2D eigenvalue weighted by atomic mass is 16.1. The van der Waals surface area contributed by atoms with Crippen LogP contribution in [-0.2, 0) is 0 Å². The molecule has 1 amide bonds. The average molecular weight is 346 g/mol. The van der Waals surface area contributed by atoms with Crippen LogP contribution < -0.4 is 15.8 Å². The van der Waals surface area contributed by atoms with E-state index in [1.165, 1.54) is 0 Å². The van der Waals surface area contributed by atoms with Crippen molar-refractivity contribution < 1.29 is 4.79 Å². The van der Waals surface area contributed by atoms with Crippen LogP contribution in [0.15, 0.2) is 61.2 Å². The highest BCUT2D eigenvalue weighted by Crippen LogP contribution is 2.29. The van der Waals surface area contributed by atoms with E-state index in [-0.39, 0.29) is 11.9 Å². The molecule has 1 heterocycles. The van der Waals surface area contributed by atoms with Gasteiger partial charge in [0.05, 0.1) is 6.04 Å². The zero-order chi connectivity index (χ0) is 18.5. The zero-order valence-electron chi connectivity index (χ0n) is 15.5. The molecule has 2 aromatic carbocycles. The minimum absolute atomic E-state index is 0.0316. The molecule has 2 aromatic rings. The van der Waals surface area contributed by atoms with Gasteiger partial charge in [0.2, 0.25) is 0 Å². The third-order valence-corrected chi connectivity index (χ3v) is 4.97. The van der Waals surface area contributed by atoms with Crippen molar-refractivity contribution in [3.05, 3.63) is 82.8 Å². The van der Waals surface area contributed by atoms with Gasteiger partial charge in [0.1, 0.15) is 0 Å². The van der Waals surface area contributed by atoms with E-state index in [2.05, 4.69) is 36.0 Å². The molecule has 26 heavy (non-hydrogen) atoms. The Bertz CT molecular complexity index is 896. The molecular formula is C23H26N2O. The molecule has 1 aliphatic heterocycles. The number of rotatable bonds is 5. The monoisotopic (exact) mass is 346 g/mol. The lowest BCUT2D eigenvalue weighted by atomic mass is 9.87. The van der Waals surface area contributed by atoms with Gasteiger partial charge in [0.25, 0.3) is 5.91 Å². The van der Waals surface area contributed by atoms with E-state index < -0.39 is 0 Å². The van der Waals surface area contributed by atoms with Crippen molar-refractivity contribution >= 4 is 18.1 Å². The highest BCUT2D eigenvalue weighted by Gasteiger charge is 2.33. The molecule has 3 rings (SSSR count). The number of allylic oxidation sites excluding steroid dienone is 1. The summed E-state index contributed by atoms with van der Waals surface area (Å²) in [5, 5.41) is 5.37. The number of nitrogens with zero attached hydrogens (tertiary/aromatic N) is 1. The Morgan fingerprint density at radius 1 is 1.19 bits per heavy atom. The second kappa shape index (κ2) is 8.15. The summed E-state index contributed by atoms with van der Waals surface area (Å²) in [7, 11) is 2.11. The lowest BCUT2D eigenvalue weighted by molar-refractivity contribution is 0.0773. The number of hydrogen-bond donors (Lipinski definition) is 1. The molecule has 0 aromatic heterocycles. The molecule has 1 aliphatic rings. The van der Waals surface area contributed by atoms with Crippen LogP contribution in [0.5, 0.6) is 0 Å². The standard InChI is InChI=1S/C23H26N2O/c1-4-9-19-14-20(13-12-17(19)5-2)23(26)24-22(21-15-25(3)16-21)18-10-7-6-8-11-18/h4-14,21-22H,1,15-16H2,2-3H3,(H,24,26)/b17-5-,19-9-. The zero-order valence-corrected chi connectivity index (χ0v) is 15.5. The van der Waals surface area contributed by atoms with Gasteiger partial charge in [0.15, 0.2) is 0 Å². The van der Waals surface area contributed by atoms with Crippen molar-refractivity contribution in [1.29, 1.82) is 0 Å². The Hall–Kier alpha value is -2.65. The summed E-state index contributed by atoms with van der Waals surface area (Å²) in [4.78, 5) is 15.2. The predicted octanol–water partition coefficient (Wildman–Crippen LogP) is 2.49. The van der Waals surface area contributed by atoms with Crippen molar-refractivity contribution in [3.63, 3.8) is 0 Å². The minimum Gasteiger partial charge on any atom is -0.345 e. The molecule has 0 saturated carbocycles. The van der Waals surface area contributed by atoms with Crippen LogP contribution in [0.2, 0.25) is 0 Å². The Kier molecular flexibility index (Phi) is 5.69. The first-order chi connectivity index (χ1) is 12.6. The molecule has 3 heteroatoms. The number of hydrogen-bond acceptors (Lipinski definition) is 2. The fraction of sp³-hybridized carbons (Fsp3) is 0.261. The van der Waals surface area contributed by atoms with E-state index in [9.17, 15) is 4.79 Å². The van der Waals surface area contributed by atoms with Gasteiger partial charge in [-0.2, -0.15) is 0 Å². The maximum absolute atomic E-state index is 12.9. The molecule has 0 spiro atoms. The number of benzene rings is 2. The SMILES string of the molecule is C=C/C=c1/cc(C(=O)NC(c2ccccc2)C2CN(C)C2)cc/c1=C/C. The molecule has 3 nitrogen and oxygen atoms in total. The number of carbonyl (C=O) groups is 1. The Balaban J connectivity index is 1.88. The third kappa shape index (κ3) is 3.94. The second-order valence-corrected chi connectivity index (χ2v) is 6.88. The van der Waals surface area contributed by atoms with Gasteiger partial charge < -0.3 is 10.2 Å². The molecule has 1 saturated heterocycles. The van der Waals surface area contributed by atoms with Crippen molar-refractivity contribution in [2.45, 2.75) is 13.0 Å². The van der Waals surface area contributed by atoms with Crippen LogP contribution in [0, 0.1) is 5.92 Å². The summed E-state index contributed by atoms with van der Waals surface area (Å²) in [6, 6.07) is 16.1. The van der Waals surface area contributed by atoms with E-state index in [4.69, 9.17) is 0 Å². The first-order valence-electron chi connectivity index (χ1n) is 9.06. The fourth-order valence-corrected chi connectivity index (χ4v) is 3.57. The van der Waals surface area contributed by atoms with Crippen molar-refractivity contribution in [3.8, 4) is 0 Å². The van der Waals surface area contributed by atoms with E-state index in [0.717, 1.165) is 29.1 Å². The summed E-state index contributed by atoms with van der Waals surface area (Å²) in [5.41, 5.74) is 1.84. The van der Waals surface area contributed by atoms with Gasteiger partial charge in [0, 0.05) is 24.6 Å². The highest BCUT2D eigenvalue weighted by molar-refractivity contribution is 5.94. The van der Waals surface area contributed by atoms with Crippen LogP contribution >= 0.6 is 0 Å². The van der Waals surface area contributed by atoms with E-state index >= 15 is 0 Å². The van der Waals surface area contributed by atoms with Gasteiger partial charge in [-0.05, 0) is 42.1 Å². The minimum atomic E-state index is -0.0326. The molecular weight excluding hydrogens is 320 g/mol. The topological polar surface area (TPSA) is 32.3 Å². The molecule has 1 unspecified atom stereocenters. The van der Waals surface area contributed by atoms with Crippen LogP contribution in [0.1, 0.15) is 28.9 Å². The van der Waals surface area contributed by atoms with Crippen LogP contribution in [0.4, 0.5) is 0 Å². The quantitative estimate of drug-likeness (QED) is 0.902. The first-order valence-corrected chi connectivity index (χ1v) is 9.06. The van der Waals surface area contributed by atoms with Gasteiger partial charge in [-0.15, -0.1) is 0 Å². The molecule has 1 atom stereocenters. The van der Waals surface area contributed by atoms with E-state index in [0.29, 0.717) is 11.5 Å². The van der Waals surface area contributed by atoms with Crippen molar-refractivity contribution in [2.75, 3.05) is 20.1 Å². The first kappa shape index (κ1) is 18.2. The Labute approximate surface area is 155 Å². The van der Waals surface area contributed by atoms with Gasteiger partial charge >= 0.3 is 0 Å². The maximum atomic E-state index is 12.9. The molecule has 1 N–H and O–H groups in total. The molecule has 0 aliphatic carbocycles. The Morgan fingerprint density at radius 3 is 2.54 bits per heavy atom. The van der Waals surface area contributed by atoms with E-state index in [1.807, 2.05) is 55.5 Å². The summed E-state index contributed by atoms with van der Waals surface area (Å²) in [6.07, 6.45) is 5.72. The third-order valence-electron chi connectivity index (χ3n) is 4.97. The number of nitrogens with one attached hydrogen (secondary N) is 1. The lowest BCUT2D eigenvalue weighted by Crippen LogP contribution is -2.51. The van der Waals surface area contributed by atoms with Gasteiger partial charge in [-0.25, -0.2) is 0 Å². The summed E-state index contributed by atoms with van der Waals surface area (Å²) in [6.45, 7) is 7.76. The van der Waals surface area contributed by atoms with Crippen LogP contribution in [0.3, 0.4) is 0 Å². The number of amides is 1. The number of carbonyl (C=O) groups excluding carboxylic acids is 1. The maximum Gasteiger partial charge on any atom is 0.251 e. The van der Waals surface area contributed by atoms with Gasteiger partial charge in [-0.1, -0.05) is 61.2 Å². The van der Waals surface area contributed by atoms with Crippen molar-refractivity contribution in [2.24, 2.45) is 5.92 Å². The largest absolute Gasteiger partial charge is 0.345 e. The number of likely N-dealkylation sites (tertiary alicyclic amines) is 1. The molecule has 134 valence electrons. The Morgan fingerprint density at radius 2 is 1.92 bits per heavy atom. The normalized spacial score (nSPS) is 17.6. The predicted molar refractivity (Wildman–Crippen MR) is 108 cm³/mol. The average Bonchev–Trinajstić information content (AvgIpc) is 2.64. The summed E-state index contributed by atoms with van der Waals surface area (Å²) < 4.78 is 0. The summed E-state index contributed by atoms with van der Waals surface area (Å²) >= 11 is 0. The molecule has 0 bridgehead atoms. The van der Waals surface area contributed by atoms with Crippen LogP contribution in [0.25, 0.3) is 12.2 Å². The molecule has 1 fully saturated rings. The summed E-state index contributed by atoms with van der Waals surface area (Å²) in [5.74, 6) is 0.406. The fourth-order valence-electron chi connectivity index (χ4n) is 3.57. The smallest absolute Gasteiger partial charge is 0.251 e. The van der Waals surface area contributed by atoms with E-state index in [1.54, 1.807) is 6.08 Å². The molecule has 0 radical (unpaired) electrons. The van der Waals surface area contributed by atoms with Crippen LogP contribution in [-0.4, -0.2) is 30.9 Å².